The van der Waals surface area contributed by atoms with E-state index in [0.717, 1.165) is 0 Å². The van der Waals surface area contributed by atoms with Gasteiger partial charge in [-0.15, -0.1) is 0 Å². The lowest BCUT2D eigenvalue weighted by Gasteiger charge is -1.96. The Bertz CT molecular complexity index is 272. The fourth-order valence-electron chi connectivity index (χ4n) is 0.567. The Hall–Kier alpha value is -1.08. The highest BCUT2D eigenvalue weighted by atomic mass is 79.9. The zero-order chi connectivity index (χ0) is 7.56. The third kappa shape index (κ3) is 1.09. The topological polar surface area (TPSA) is 50.7 Å². The smallest absolute Gasteiger partial charge is 0.308 e. The van der Waals surface area contributed by atoms with Crippen molar-refractivity contribution in [2.24, 2.45) is 0 Å². The van der Waals surface area contributed by atoms with E-state index in [1.165, 1.54) is 6.20 Å². The maximum atomic E-state index is 10.7. The number of nitrogens with zero attached hydrogens (tertiary/aromatic N) is 2. The fourth-order valence-corrected chi connectivity index (χ4v) is 0.983. The number of pyridine rings is 1. The lowest BCUT2D eigenvalue weighted by Crippen LogP contribution is -2.29. The summed E-state index contributed by atoms with van der Waals surface area (Å²) in [6.07, 6.45) is 1.28. The van der Waals surface area contributed by atoms with E-state index < -0.39 is 0 Å². The van der Waals surface area contributed by atoms with Crippen LogP contribution in [0.25, 0.3) is 0 Å². The minimum atomic E-state index is 0.0856. The average molecular weight is 199 g/mol. The first-order chi connectivity index (χ1) is 4.75. The molecule has 0 radical (unpaired) electrons. The molecule has 0 N–H and O–H groups in total. The molecule has 0 aliphatic rings. The molecule has 0 aromatic carbocycles. The van der Waals surface area contributed by atoms with Gasteiger partial charge < -0.3 is 5.21 Å². The van der Waals surface area contributed by atoms with Crippen LogP contribution in [0.1, 0.15) is 5.69 Å². The molecule has 1 rings (SSSR count). The Balaban J connectivity index is 3.34. The van der Waals surface area contributed by atoms with Crippen LogP contribution < -0.4 is 4.73 Å². The Morgan fingerprint density at radius 1 is 1.70 bits per heavy atom. The van der Waals surface area contributed by atoms with Crippen LogP contribution in [0, 0.1) is 16.5 Å². The molecule has 0 saturated carbocycles. The van der Waals surface area contributed by atoms with Crippen molar-refractivity contribution in [3.8, 4) is 6.07 Å². The molecule has 0 unspecified atom stereocenters. The molecule has 10 heavy (non-hydrogen) atoms. The minimum Gasteiger partial charge on any atom is -0.618 e. The number of hydrogen-bond donors (Lipinski definition) is 0. The highest BCUT2D eigenvalue weighted by molar-refractivity contribution is 9.10. The van der Waals surface area contributed by atoms with E-state index in [1.807, 2.05) is 0 Å². The molecular weight excluding hydrogens is 196 g/mol. The predicted molar refractivity (Wildman–Crippen MR) is 37.8 cm³/mol. The largest absolute Gasteiger partial charge is 0.618 e. The lowest BCUT2D eigenvalue weighted by molar-refractivity contribution is -0.608. The van der Waals surface area contributed by atoms with E-state index in [1.54, 1.807) is 18.2 Å². The molecule has 4 heteroatoms. The molecule has 0 aliphatic heterocycles. The first kappa shape index (κ1) is 7.03. The SMILES string of the molecule is N#Cc1c(Br)ccc[n+]1[O-]. The van der Waals surface area contributed by atoms with E-state index in [2.05, 4.69) is 15.9 Å². The van der Waals surface area contributed by atoms with Gasteiger partial charge in [-0.05, 0) is 22.0 Å². The van der Waals surface area contributed by atoms with Crippen molar-refractivity contribution in [3.63, 3.8) is 0 Å². The van der Waals surface area contributed by atoms with Crippen LogP contribution in [0.2, 0.25) is 0 Å². The third-order valence-corrected chi connectivity index (χ3v) is 1.66. The normalized spacial score (nSPS) is 8.80. The predicted octanol–water partition coefficient (Wildman–Crippen LogP) is 0.954. The first-order valence-electron chi connectivity index (χ1n) is 2.53. The molecule has 0 spiro atoms. The highest BCUT2D eigenvalue weighted by Crippen LogP contribution is 2.09. The second kappa shape index (κ2) is 2.67. The van der Waals surface area contributed by atoms with Crippen molar-refractivity contribution >= 4 is 15.9 Å². The summed E-state index contributed by atoms with van der Waals surface area (Å²) in [7, 11) is 0. The molecule has 0 amide bonds. The Kier molecular flexibility index (Phi) is 1.88. The fraction of sp³-hybridized carbons (Fsp3) is 0. The van der Waals surface area contributed by atoms with Crippen LogP contribution in [-0.4, -0.2) is 0 Å². The lowest BCUT2D eigenvalue weighted by atomic mass is 10.4. The van der Waals surface area contributed by atoms with Gasteiger partial charge >= 0.3 is 5.69 Å². The van der Waals surface area contributed by atoms with Gasteiger partial charge in [0.15, 0.2) is 12.3 Å². The van der Waals surface area contributed by atoms with Crippen molar-refractivity contribution in [3.05, 3.63) is 33.7 Å². The van der Waals surface area contributed by atoms with Crippen molar-refractivity contribution in [1.29, 1.82) is 5.26 Å². The van der Waals surface area contributed by atoms with Gasteiger partial charge in [-0.1, -0.05) is 0 Å². The second-order valence-electron chi connectivity index (χ2n) is 1.64. The van der Waals surface area contributed by atoms with Crippen LogP contribution >= 0.6 is 15.9 Å². The Labute approximate surface area is 66.2 Å². The summed E-state index contributed by atoms with van der Waals surface area (Å²) in [5.41, 5.74) is 0.0856. The van der Waals surface area contributed by atoms with Crippen molar-refractivity contribution in [2.45, 2.75) is 0 Å². The van der Waals surface area contributed by atoms with Gasteiger partial charge in [-0.25, -0.2) is 0 Å². The molecule has 0 fully saturated rings. The summed E-state index contributed by atoms with van der Waals surface area (Å²) in [5.74, 6) is 0. The maximum absolute atomic E-state index is 10.7. The van der Waals surface area contributed by atoms with Gasteiger partial charge in [0.05, 0.1) is 0 Å². The Morgan fingerprint density at radius 3 is 2.80 bits per heavy atom. The monoisotopic (exact) mass is 198 g/mol. The summed E-state index contributed by atoms with van der Waals surface area (Å²) >= 11 is 3.06. The van der Waals surface area contributed by atoms with E-state index >= 15 is 0 Å². The summed E-state index contributed by atoms with van der Waals surface area (Å²) in [6, 6.07) is 4.98. The van der Waals surface area contributed by atoms with Gasteiger partial charge in [0, 0.05) is 6.07 Å². The van der Waals surface area contributed by atoms with Gasteiger partial charge in [0.1, 0.15) is 4.47 Å². The van der Waals surface area contributed by atoms with E-state index in [-0.39, 0.29) is 5.69 Å². The number of aromatic nitrogens is 1. The van der Waals surface area contributed by atoms with Crippen LogP contribution in [0.15, 0.2) is 22.8 Å². The van der Waals surface area contributed by atoms with Crippen LogP contribution in [0.4, 0.5) is 0 Å². The van der Waals surface area contributed by atoms with Crippen LogP contribution in [0.5, 0.6) is 0 Å². The maximum Gasteiger partial charge on any atom is 0.308 e. The zero-order valence-electron chi connectivity index (χ0n) is 4.91. The summed E-state index contributed by atoms with van der Waals surface area (Å²) in [4.78, 5) is 0. The Morgan fingerprint density at radius 2 is 2.40 bits per heavy atom. The molecule has 0 aliphatic carbocycles. The molecule has 1 heterocycles. The second-order valence-corrected chi connectivity index (χ2v) is 2.50. The van der Waals surface area contributed by atoms with Crippen molar-refractivity contribution in [1.82, 2.24) is 0 Å². The van der Waals surface area contributed by atoms with E-state index in [9.17, 15) is 5.21 Å². The number of hydrogen-bond acceptors (Lipinski definition) is 2. The molecule has 0 saturated heterocycles. The summed E-state index contributed by atoms with van der Waals surface area (Å²) in [6.45, 7) is 0. The van der Waals surface area contributed by atoms with Crippen molar-refractivity contribution in [2.75, 3.05) is 0 Å². The molecular formula is C6H3BrN2O. The first-order valence-corrected chi connectivity index (χ1v) is 3.33. The summed E-state index contributed by atoms with van der Waals surface area (Å²) < 4.78 is 1.04. The van der Waals surface area contributed by atoms with Crippen LogP contribution in [-0.2, 0) is 0 Å². The zero-order valence-corrected chi connectivity index (χ0v) is 6.50. The standard InChI is InChI=1S/C6H3BrN2O/c7-5-2-1-3-9(10)6(5)4-8/h1-3H. The van der Waals surface area contributed by atoms with Crippen molar-refractivity contribution < 1.29 is 4.73 Å². The molecule has 0 atom stereocenters. The molecule has 1 aromatic rings. The average Bonchev–Trinajstić information content (AvgIpc) is 1.88. The van der Waals surface area contributed by atoms with Crippen LogP contribution in [0.3, 0.4) is 0 Å². The van der Waals surface area contributed by atoms with E-state index in [4.69, 9.17) is 5.26 Å². The number of nitriles is 1. The molecule has 0 bridgehead atoms. The highest BCUT2D eigenvalue weighted by Gasteiger charge is 2.06. The number of rotatable bonds is 0. The number of halogens is 1. The molecule has 1 aromatic heterocycles. The van der Waals surface area contributed by atoms with Gasteiger partial charge in [0.25, 0.3) is 0 Å². The van der Waals surface area contributed by atoms with Gasteiger partial charge in [-0.2, -0.15) is 9.99 Å². The van der Waals surface area contributed by atoms with Gasteiger partial charge in [-0.3, -0.25) is 0 Å². The minimum absolute atomic E-state index is 0.0856. The molecule has 50 valence electrons. The van der Waals surface area contributed by atoms with E-state index in [0.29, 0.717) is 9.20 Å². The molecule has 3 nitrogen and oxygen atoms in total. The third-order valence-electron chi connectivity index (χ3n) is 1.02. The quantitative estimate of drug-likeness (QED) is 0.461. The van der Waals surface area contributed by atoms with Gasteiger partial charge in [0.2, 0.25) is 0 Å². The summed E-state index contributed by atoms with van der Waals surface area (Å²) in [5, 5.41) is 19.1.